The van der Waals surface area contributed by atoms with Crippen LogP contribution in [0.15, 0.2) is 165 Å². The number of hydrogen-bond acceptors (Lipinski definition) is 6. The second kappa shape index (κ2) is 11.2. The topological polar surface area (TPSA) is 75.5 Å². The first-order valence-corrected chi connectivity index (χ1v) is 17.4. The van der Waals surface area contributed by atoms with Gasteiger partial charge in [-0.1, -0.05) is 109 Å². The van der Waals surface area contributed by atoms with Gasteiger partial charge in [-0.25, -0.2) is 0 Å². The Hall–Kier alpha value is -6.18. The summed E-state index contributed by atoms with van der Waals surface area (Å²) in [6.45, 7) is 0. The number of rotatable bonds is 4. The van der Waals surface area contributed by atoms with Crippen LogP contribution in [0.4, 0.5) is 0 Å². The van der Waals surface area contributed by atoms with Crippen LogP contribution in [0, 0.1) is 0 Å². The number of fused-ring (bicyclic) bond motifs is 9. The maximum absolute atomic E-state index is 6.49. The average Bonchev–Trinajstić information content (AvgIpc) is 3.88. The first-order chi connectivity index (χ1) is 25.2. The Balaban J connectivity index is 1.00. The van der Waals surface area contributed by atoms with Crippen LogP contribution in [0.3, 0.4) is 0 Å². The van der Waals surface area contributed by atoms with Gasteiger partial charge in [-0.3, -0.25) is 16.0 Å². The summed E-state index contributed by atoms with van der Waals surface area (Å²) in [6.07, 6.45) is -0.420. The highest BCUT2D eigenvalue weighted by Crippen LogP contribution is 2.40. The van der Waals surface area contributed by atoms with Crippen LogP contribution in [0.2, 0.25) is 0 Å². The fourth-order valence-electron chi connectivity index (χ4n) is 8.01. The van der Waals surface area contributed by atoms with Gasteiger partial charge in [-0.15, -0.1) is 0 Å². The Morgan fingerprint density at radius 1 is 0.373 bits per heavy atom. The third-order valence-corrected chi connectivity index (χ3v) is 10.4. The molecule has 10 aromatic rings. The van der Waals surface area contributed by atoms with Gasteiger partial charge < -0.3 is 13.3 Å². The van der Waals surface area contributed by atoms with Crippen LogP contribution in [-0.2, 0) is 0 Å². The number of para-hydroxylation sites is 3. The quantitative estimate of drug-likeness (QED) is 0.174. The smallest absolute Gasteiger partial charge is 0.143 e. The van der Waals surface area contributed by atoms with Gasteiger partial charge in [0.2, 0.25) is 0 Å². The summed E-state index contributed by atoms with van der Waals surface area (Å²) >= 11 is 0. The minimum atomic E-state index is -0.161. The van der Waals surface area contributed by atoms with Crippen LogP contribution in [0.5, 0.6) is 0 Å². The molecule has 4 heterocycles. The molecule has 0 bridgehead atoms. The van der Waals surface area contributed by atoms with Crippen LogP contribution in [-0.4, -0.2) is 0 Å². The van der Waals surface area contributed by atoms with Crippen molar-refractivity contribution >= 4 is 65.8 Å². The summed E-state index contributed by atoms with van der Waals surface area (Å²) < 4.78 is 19.1. The van der Waals surface area contributed by atoms with E-state index in [-0.39, 0.29) is 18.5 Å². The molecule has 3 N–H and O–H groups in total. The molecule has 3 unspecified atom stereocenters. The van der Waals surface area contributed by atoms with Crippen molar-refractivity contribution in [1.29, 1.82) is 0 Å². The van der Waals surface area contributed by atoms with E-state index in [2.05, 4.69) is 137 Å². The maximum Gasteiger partial charge on any atom is 0.143 e. The van der Waals surface area contributed by atoms with E-state index in [0.29, 0.717) is 0 Å². The van der Waals surface area contributed by atoms with E-state index < -0.39 is 0 Å². The summed E-state index contributed by atoms with van der Waals surface area (Å²) in [5, 5.41) is 18.2. The second-order valence-corrected chi connectivity index (χ2v) is 13.4. The summed E-state index contributed by atoms with van der Waals surface area (Å²) in [4.78, 5) is 0. The van der Waals surface area contributed by atoms with E-state index >= 15 is 0 Å². The molecule has 1 saturated heterocycles. The summed E-state index contributed by atoms with van der Waals surface area (Å²) in [6, 6.07) is 52.6. The first-order valence-electron chi connectivity index (χ1n) is 17.4. The second-order valence-electron chi connectivity index (χ2n) is 13.4. The number of benzene rings is 7. The zero-order valence-corrected chi connectivity index (χ0v) is 27.4. The predicted molar refractivity (Wildman–Crippen MR) is 204 cm³/mol. The number of furan rings is 3. The first kappa shape index (κ1) is 28.6. The van der Waals surface area contributed by atoms with Crippen LogP contribution in [0.25, 0.3) is 76.9 Å². The molecule has 1 aliphatic rings. The van der Waals surface area contributed by atoms with Gasteiger partial charge in [0.1, 0.15) is 33.5 Å². The minimum Gasteiger partial charge on any atom is -0.456 e. The van der Waals surface area contributed by atoms with Gasteiger partial charge in [-0.05, 0) is 64.7 Å². The third kappa shape index (κ3) is 4.55. The van der Waals surface area contributed by atoms with Crippen molar-refractivity contribution in [1.82, 2.24) is 16.0 Å². The summed E-state index contributed by atoms with van der Waals surface area (Å²) in [5.41, 5.74) is 10.8. The predicted octanol–water partition coefficient (Wildman–Crippen LogP) is 11.2. The number of hydrogen-bond donors (Lipinski definition) is 3. The van der Waals surface area contributed by atoms with E-state index in [9.17, 15) is 0 Å². The standard InChI is InChI=1S/C45H31N3O3/c1-2-10-26(11-3-1)43-46-44(48-45(47-43)34-16-9-19-39-41(34)33-13-5-7-18-37(33)49-39)28-21-23-38-35(24-28)31-22-20-27(25-40(31)50-38)29-14-8-15-32-30-12-4-6-17-36(30)51-42(29)32/h1-25,43-48H. The van der Waals surface area contributed by atoms with Gasteiger partial charge >= 0.3 is 0 Å². The lowest BCUT2D eigenvalue weighted by Crippen LogP contribution is -2.54. The Morgan fingerprint density at radius 2 is 1.02 bits per heavy atom. The number of nitrogens with one attached hydrogen (secondary N) is 3. The molecule has 1 fully saturated rings. The highest BCUT2D eigenvalue weighted by atomic mass is 16.3. The molecule has 7 aromatic carbocycles. The molecule has 0 aliphatic carbocycles. The molecule has 6 heteroatoms. The van der Waals surface area contributed by atoms with Gasteiger partial charge in [0, 0.05) is 37.9 Å². The van der Waals surface area contributed by atoms with Crippen molar-refractivity contribution in [2.45, 2.75) is 18.5 Å². The van der Waals surface area contributed by atoms with Gasteiger partial charge in [0.15, 0.2) is 0 Å². The van der Waals surface area contributed by atoms with Crippen LogP contribution in [0.1, 0.15) is 35.2 Å². The molecule has 0 radical (unpaired) electrons. The molecule has 3 atom stereocenters. The van der Waals surface area contributed by atoms with Crippen molar-refractivity contribution < 1.29 is 13.3 Å². The Morgan fingerprint density at radius 3 is 1.90 bits per heavy atom. The lowest BCUT2D eigenvalue weighted by Gasteiger charge is -2.39. The molecule has 0 amide bonds. The molecule has 1 aliphatic heterocycles. The van der Waals surface area contributed by atoms with Crippen molar-refractivity contribution in [2.75, 3.05) is 0 Å². The molecule has 0 spiro atoms. The van der Waals surface area contributed by atoms with Crippen molar-refractivity contribution in [3.05, 3.63) is 168 Å². The largest absolute Gasteiger partial charge is 0.456 e. The lowest BCUT2D eigenvalue weighted by molar-refractivity contribution is 0.204. The zero-order chi connectivity index (χ0) is 33.5. The molecule has 51 heavy (non-hydrogen) atoms. The highest BCUT2D eigenvalue weighted by molar-refractivity contribution is 6.11. The Bertz CT molecular complexity index is 2940. The molecule has 3 aromatic heterocycles. The van der Waals surface area contributed by atoms with Crippen molar-refractivity contribution in [3.8, 4) is 11.1 Å². The Kier molecular flexibility index (Phi) is 6.27. The molecular weight excluding hydrogens is 631 g/mol. The van der Waals surface area contributed by atoms with E-state index in [1.807, 2.05) is 30.3 Å². The van der Waals surface area contributed by atoms with E-state index in [1.165, 1.54) is 5.56 Å². The fraction of sp³-hybridized carbons (Fsp3) is 0.0667. The zero-order valence-electron chi connectivity index (χ0n) is 27.4. The SMILES string of the molecule is c1ccc(C2NC(c3ccc4oc5cc(-c6cccc7c6oc6ccccc67)ccc5c4c3)NC(c3cccc4oc5ccccc5c34)N2)cc1. The van der Waals surface area contributed by atoms with Crippen LogP contribution < -0.4 is 16.0 Å². The monoisotopic (exact) mass is 661 g/mol. The summed E-state index contributed by atoms with van der Waals surface area (Å²) in [7, 11) is 0. The lowest BCUT2D eigenvalue weighted by atomic mass is 9.99. The average molecular weight is 662 g/mol. The Labute approximate surface area is 292 Å². The molecular formula is C45H31N3O3. The highest BCUT2D eigenvalue weighted by Gasteiger charge is 2.31. The molecule has 0 saturated carbocycles. The van der Waals surface area contributed by atoms with Gasteiger partial charge in [0.25, 0.3) is 0 Å². The van der Waals surface area contributed by atoms with Gasteiger partial charge in [-0.2, -0.15) is 0 Å². The fourth-order valence-corrected chi connectivity index (χ4v) is 8.01. The normalized spacial score (nSPS) is 18.2. The van der Waals surface area contributed by atoms with Crippen LogP contribution >= 0.6 is 0 Å². The van der Waals surface area contributed by atoms with Crippen molar-refractivity contribution in [2.24, 2.45) is 0 Å². The van der Waals surface area contributed by atoms with E-state index in [4.69, 9.17) is 13.3 Å². The molecule has 244 valence electrons. The van der Waals surface area contributed by atoms with Gasteiger partial charge in [0.05, 0.1) is 18.5 Å². The third-order valence-electron chi connectivity index (χ3n) is 10.4. The van der Waals surface area contributed by atoms with E-state index in [0.717, 1.165) is 88.1 Å². The molecule has 6 nitrogen and oxygen atoms in total. The molecule has 11 rings (SSSR count). The maximum atomic E-state index is 6.49. The summed E-state index contributed by atoms with van der Waals surface area (Å²) in [5.74, 6) is 0. The van der Waals surface area contributed by atoms with Crippen molar-refractivity contribution in [3.63, 3.8) is 0 Å². The minimum absolute atomic E-state index is 0.101. The van der Waals surface area contributed by atoms with E-state index in [1.54, 1.807) is 0 Å².